The maximum atomic E-state index is 12.1. The molecule has 0 spiro atoms. The van der Waals surface area contributed by atoms with Gasteiger partial charge in [-0.25, -0.2) is 9.97 Å². The van der Waals surface area contributed by atoms with Gasteiger partial charge in [0.1, 0.15) is 5.52 Å². The first-order valence-corrected chi connectivity index (χ1v) is 9.74. The Bertz CT molecular complexity index is 1210. The van der Waals surface area contributed by atoms with Crippen molar-refractivity contribution in [3.63, 3.8) is 0 Å². The third-order valence-corrected chi connectivity index (χ3v) is 5.74. The first-order chi connectivity index (χ1) is 13.7. The SMILES string of the molecule is Cn1c(=O)ccc2nc(-c3ccc(C4CCC4)cc3)c(-c3ccccc3)nc21. The van der Waals surface area contributed by atoms with Gasteiger partial charge in [0.25, 0.3) is 5.56 Å². The fourth-order valence-electron chi connectivity index (χ4n) is 3.82. The molecule has 4 nitrogen and oxygen atoms in total. The van der Waals surface area contributed by atoms with Gasteiger partial charge in [0.05, 0.1) is 11.4 Å². The van der Waals surface area contributed by atoms with Gasteiger partial charge in [0.2, 0.25) is 0 Å². The van der Waals surface area contributed by atoms with Crippen LogP contribution in [-0.4, -0.2) is 14.5 Å². The van der Waals surface area contributed by atoms with Crippen molar-refractivity contribution in [3.05, 3.63) is 82.6 Å². The summed E-state index contributed by atoms with van der Waals surface area (Å²) < 4.78 is 1.55. The van der Waals surface area contributed by atoms with Crippen molar-refractivity contribution in [3.8, 4) is 22.5 Å². The predicted octanol–water partition coefficient (Wildman–Crippen LogP) is 4.93. The van der Waals surface area contributed by atoms with Crippen molar-refractivity contribution >= 4 is 11.2 Å². The van der Waals surface area contributed by atoms with E-state index in [4.69, 9.17) is 9.97 Å². The lowest BCUT2D eigenvalue weighted by Gasteiger charge is -2.25. The number of nitrogens with zero attached hydrogens (tertiary/aromatic N) is 3. The summed E-state index contributed by atoms with van der Waals surface area (Å²) in [6, 6.07) is 22.1. The van der Waals surface area contributed by atoms with E-state index in [0.29, 0.717) is 11.6 Å². The zero-order chi connectivity index (χ0) is 19.1. The number of pyridine rings is 1. The number of hydrogen-bond donors (Lipinski definition) is 0. The first-order valence-electron chi connectivity index (χ1n) is 9.74. The number of aryl methyl sites for hydroxylation is 1. The predicted molar refractivity (Wildman–Crippen MR) is 112 cm³/mol. The standard InChI is InChI=1S/C24H21N3O/c1-27-21(28)15-14-20-24(27)26-23(18-6-3-2-4-7-18)22(25-20)19-12-10-17(11-13-19)16-8-5-9-16/h2-4,6-7,10-16H,5,8-9H2,1H3. The number of hydrogen-bond acceptors (Lipinski definition) is 3. The van der Waals surface area contributed by atoms with Crippen LogP contribution >= 0.6 is 0 Å². The van der Waals surface area contributed by atoms with E-state index < -0.39 is 0 Å². The Morgan fingerprint density at radius 3 is 2.18 bits per heavy atom. The van der Waals surface area contributed by atoms with Gasteiger partial charge in [0.15, 0.2) is 5.65 Å². The summed E-state index contributed by atoms with van der Waals surface area (Å²) in [4.78, 5) is 21.8. The van der Waals surface area contributed by atoms with Crippen molar-refractivity contribution in [2.24, 2.45) is 7.05 Å². The summed E-state index contributed by atoms with van der Waals surface area (Å²) in [6.07, 6.45) is 3.91. The average molecular weight is 367 g/mol. The molecule has 0 atom stereocenters. The molecule has 1 fully saturated rings. The lowest BCUT2D eigenvalue weighted by atomic mass is 9.80. The Morgan fingerprint density at radius 1 is 0.821 bits per heavy atom. The molecule has 2 aromatic heterocycles. The van der Waals surface area contributed by atoms with Gasteiger partial charge in [0, 0.05) is 24.2 Å². The summed E-state index contributed by atoms with van der Waals surface area (Å²) in [5.41, 5.74) is 6.33. The minimum absolute atomic E-state index is 0.0848. The number of aromatic nitrogens is 3. The van der Waals surface area contributed by atoms with Crippen LogP contribution in [0, 0.1) is 0 Å². The second kappa shape index (κ2) is 6.71. The highest BCUT2D eigenvalue weighted by atomic mass is 16.1. The second-order valence-electron chi connectivity index (χ2n) is 7.48. The summed E-state index contributed by atoms with van der Waals surface area (Å²) in [5, 5.41) is 0. The lowest BCUT2D eigenvalue weighted by molar-refractivity contribution is 0.420. The van der Waals surface area contributed by atoms with Crippen LogP contribution < -0.4 is 5.56 Å². The Labute approximate surface area is 163 Å². The monoisotopic (exact) mass is 367 g/mol. The molecule has 138 valence electrons. The second-order valence-corrected chi connectivity index (χ2v) is 7.48. The Kier molecular flexibility index (Phi) is 4.05. The van der Waals surface area contributed by atoms with Crippen LogP contribution in [0.2, 0.25) is 0 Å². The van der Waals surface area contributed by atoms with Gasteiger partial charge in [-0.05, 0) is 30.4 Å². The normalized spacial score (nSPS) is 14.2. The molecule has 1 aliphatic rings. The van der Waals surface area contributed by atoms with E-state index in [9.17, 15) is 4.79 Å². The number of rotatable bonds is 3. The molecule has 1 saturated carbocycles. The van der Waals surface area contributed by atoms with Gasteiger partial charge in [-0.15, -0.1) is 0 Å². The maximum Gasteiger partial charge on any atom is 0.252 e. The molecular weight excluding hydrogens is 346 g/mol. The maximum absolute atomic E-state index is 12.1. The van der Waals surface area contributed by atoms with Crippen LogP contribution in [0.4, 0.5) is 0 Å². The van der Waals surface area contributed by atoms with E-state index in [1.54, 1.807) is 23.7 Å². The summed E-state index contributed by atoms with van der Waals surface area (Å²) in [5.74, 6) is 0.708. The third-order valence-electron chi connectivity index (χ3n) is 5.74. The summed E-state index contributed by atoms with van der Waals surface area (Å²) in [7, 11) is 1.74. The minimum atomic E-state index is -0.0848. The largest absolute Gasteiger partial charge is 0.295 e. The van der Waals surface area contributed by atoms with Crippen LogP contribution in [0.5, 0.6) is 0 Å². The molecular formula is C24H21N3O. The Morgan fingerprint density at radius 2 is 1.50 bits per heavy atom. The molecule has 2 aromatic carbocycles. The van der Waals surface area contributed by atoms with Gasteiger partial charge < -0.3 is 0 Å². The van der Waals surface area contributed by atoms with Crippen LogP contribution in [0.15, 0.2) is 71.5 Å². The lowest BCUT2D eigenvalue weighted by Crippen LogP contribution is -2.17. The van der Waals surface area contributed by atoms with Crippen molar-refractivity contribution in [2.45, 2.75) is 25.2 Å². The fourth-order valence-corrected chi connectivity index (χ4v) is 3.82. The molecule has 1 aliphatic carbocycles. The number of fused-ring (bicyclic) bond motifs is 1. The molecule has 0 amide bonds. The minimum Gasteiger partial charge on any atom is -0.295 e. The summed E-state index contributed by atoms with van der Waals surface area (Å²) >= 11 is 0. The van der Waals surface area contributed by atoms with Crippen molar-refractivity contribution in [1.29, 1.82) is 0 Å². The van der Waals surface area contributed by atoms with Gasteiger partial charge >= 0.3 is 0 Å². The Balaban J connectivity index is 1.72. The molecule has 0 N–H and O–H groups in total. The van der Waals surface area contributed by atoms with E-state index in [1.165, 1.54) is 24.8 Å². The molecule has 0 bridgehead atoms. The van der Waals surface area contributed by atoms with E-state index in [-0.39, 0.29) is 5.56 Å². The van der Waals surface area contributed by atoms with Crippen LogP contribution in [-0.2, 0) is 7.05 Å². The Hall–Kier alpha value is -3.27. The molecule has 0 unspecified atom stereocenters. The highest BCUT2D eigenvalue weighted by Gasteiger charge is 2.20. The molecule has 0 aliphatic heterocycles. The molecule has 2 heterocycles. The smallest absolute Gasteiger partial charge is 0.252 e. The number of benzene rings is 2. The highest BCUT2D eigenvalue weighted by molar-refractivity contribution is 5.84. The van der Waals surface area contributed by atoms with Crippen molar-refractivity contribution < 1.29 is 0 Å². The van der Waals surface area contributed by atoms with E-state index in [2.05, 4.69) is 24.3 Å². The fraction of sp³-hybridized carbons (Fsp3) is 0.208. The topological polar surface area (TPSA) is 47.8 Å². The van der Waals surface area contributed by atoms with E-state index >= 15 is 0 Å². The van der Waals surface area contributed by atoms with E-state index in [1.807, 2.05) is 30.3 Å². The zero-order valence-corrected chi connectivity index (χ0v) is 15.8. The third kappa shape index (κ3) is 2.82. The average Bonchev–Trinajstić information content (AvgIpc) is 2.70. The van der Waals surface area contributed by atoms with Gasteiger partial charge in [-0.1, -0.05) is 61.0 Å². The zero-order valence-electron chi connectivity index (χ0n) is 15.8. The van der Waals surface area contributed by atoms with Crippen molar-refractivity contribution in [2.75, 3.05) is 0 Å². The van der Waals surface area contributed by atoms with Gasteiger partial charge in [-0.2, -0.15) is 0 Å². The molecule has 4 heteroatoms. The molecule has 0 radical (unpaired) electrons. The first kappa shape index (κ1) is 16.9. The molecule has 4 aromatic rings. The molecule has 28 heavy (non-hydrogen) atoms. The van der Waals surface area contributed by atoms with Crippen molar-refractivity contribution in [1.82, 2.24) is 14.5 Å². The van der Waals surface area contributed by atoms with Crippen LogP contribution in [0.1, 0.15) is 30.7 Å². The highest BCUT2D eigenvalue weighted by Crippen LogP contribution is 2.37. The van der Waals surface area contributed by atoms with Crippen LogP contribution in [0.25, 0.3) is 33.7 Å². The molecule has 5 rings (SSSR count). The van der Waals surface area contributed by atoms with Crippen LogP contribution in [0.3, 0.4) is 0 Å². The van der Waals surface area contributed by atoms with E-state index in [0.717, 1.165) is 28.0 Å². The molecule has 0 saturated heterocycles. The summed E-state index contributed by atoms with van der Waals surface area (Å²) in [6.45, 7) is 0. The quantitative estimate of drug-likeness (QED) is 0.516. The van der Waals surface area contributed by atoms with Gasteiger partial charge in [-0.3, -0.25) is 9.36 Å².